The van der Waals surface area contributed by atoms with Gasteiger partial charge in [-0.25, -0.2) is 14.8 Å². The maximum Gasteiger partial charge on any atom is 0.426 e. The average molecular weight is 575 g/mol. The number of nitrogens with zero attached hydrogens (tertiary/aromatic N) is 5. The highest BCUT2D eigenvalue weighted by atomic mass is 16.7. The first-order valence-corrected chi connectivity index (χ1v) is 16.0. The van der Waals surface area contributed by atoms with Crippen molar-refractivity contribution < 1.29 is 14.4 Å². The van der Waals surface area contributed by atoms with Crippen LogP contribution in [0, 0.1) is 31.6 Å². The molecular weight excluding hydrogens is 528 g/mol. The van der Waals surface area contributed by atoms with Gasteiger partial charge < -0.3 is 20.0 Å². The van der Waals surface area contributed by atoms with Crippen LogP contribution in [0.1, 0.15) is 78.2 Å². The highest BCUT2D eigenvalue weighted by Gasteiger charge is 2.42. The number of amides is 2. The summed E-state index contributed by atoms with van der Waals surface area (Å²) in [6.07, 6.45) is 8.94. The smallest absolute Gasteiger partial charge is 0.351 e. The Hall–Kier alpha value is -3.04. The van der Waals surface area contributed by atoms with Crippen LogP contribution in [0.15, 0.2) is 36.7 Å². The van der Waals surface area contributed by atoms with Crippen LogP contribution in [0.4, 0.5) is 4.79 Å². The maximum absolute atomic E-state index is 13.3. The fourth-order valence-electron chi connectivity index (χ4n) is 7.95. The number of likely N-dealkylation sites (tertiary alicyclic amines) is 2. The summed E-state index contributed by atoms with van der Waals surface area (Å²) in [5, 5.41) is 4.90. The molecule has 6 rings (SSSR count). The van der Waals surface area contributed by atoms with Crippen LogP contribution in [0.2, 0.25) is 0 Å². The van der Waals surface area contributed by atoms with Gasteiger partial charge >= 0.3 is 6.09 Å². The van der Waals surface area contributed by atoms with Gasteiger partial charge in [-0.2, -0.15) is 0 Å². The van der Waals surface area contributed by atoms with Crippen molar-refractivity contribution in [2.24, 2.45) is 17.8 Å². The van der Waals surface area contributed by atoms with Crippen LogP contribution < -0.4 is 5.32 Å². The number of fused-ring (bicyclic) bond motifs is 1. The summed E-state index contributed by atoms with van der Waals surface area (Å²) in [4.78, 5) is 44.6. The number of carbonyl (C=O) groups excluding carboxylic acids is 2. The highest BCUT2D eigenvalue weighted by Crippen LogP contribution is 2.37. The van der Waals surface area contributed by atoms with E-state index in [9.17, 15) is 9.59 Å². The lowest BCUT2D eigenvalue weighted by molar-refractivity contribution is -0.120. The largest absolute Gasteiger partial charge is 0.426 e. The second-order valence-electron chi connectivity index (χ2n) is 13.0. The predicted octanol–water partition coefficient (Wildman–Crippen LogP) is 4.57. The lowest BCUT2D eigenvalue weighted by Crippen LogP contribution is -2.42. The fourth-order valence-corrected chi connectivity index (χ4v) is 7.95. The molecule has 2 aromatic rings. The van der Waals surface area contributed by atoms with Crippen molar-refractivity contribution in [2.75, 3.05) is 45.8 Å². The number of hydroxylamine groups is 2. The van der Waals surface area contributed by atoms with E-state index in [1.54, 1.807) is 0 Å². The number of hydrogen-bond donors (Lipinski definition) is 1. The van der Waals surface area contributed by atoms with Gasteiger partial charge in [-0.05, 0) is 81.7 Å². The van der Waals surface area contributed by atoms with Crippen molar-refractivity contribution in [3.8, 4) is 0 Å². The summed E-state index contributed by atoms with van der Waals surface area (Å²) >= 11 is 0. The Labute approximate surface area is 250 Å². The number of aryl methyl sites for hydroxylation is 2. The first kappa shape index (κ1) is 29.1. The SMILES string of the molecule is Cc1ncnc(C)c1C(=O)N1CC2CN(CCC(c3ccccc3)C3CCN(OC(=O)NC4CCCC4)CC3)CC2C1. The van der Waals surface area contributed by atoms with Crippen molar-refractivity contribution in [2.45, 2.75) is 70.8 Å². The molecule has 0 radical (unpaired) electrons. The average Bonchev–Trinajstić information content (AvgIpc) is 3.72. The van der Waals surface area contributed by atoms with Gasteiger partial charge in [0.15, 0.2) is 0 Å². The number of rotatable bonds is 8. The Morgan fingerprint density at radius 3 is 2.21 bits per heavy atom. The molecule has 3 unspecified atom stereocenters. The molecule has 1 saturated carbocycles. The Balaban J connectivity index is 1.00. The molecule has 3 atom stereocenters. The number of carbonyl (C=O) groups is 2. The Kier molecular flexibility index (Phi) is 9.05. The molecule has 1 aromatic carbocycles. The first-order valence-electron chi connectivity index (χ1n) is 16.0. The third kappa shape index (κ3) is 6.62. The molecule has 4 aliphatic rings. The van der Waals surface area contributed by atoms with Crippen LogP contribution in [0.3, 0.4) is 0 Å². The minimum Gasteiger partial charge on any atom is -0.351 e. The first-order chi connectivity index (χ1) is 20.4. The Morgan fingerprint density at radius 1 is 0.929 bits per heavy atom. The van der Waals surface area contributed by atoms with Crippen molar-refractivity contribution in [3.05, 3.63) is 59.2 Å². The van der Waals surface area contributed by atoms with Crippen molar-refractivity contribution in [3.63, 3.8) is 0 Å². The lowest BCUT2D eigenvalue weighted by Gasteiger charge is -2.36. The number of aromatic nitrogens is 2. The molecule has 42 heavy (non-hydrogen) atoms. The number of nitrogens with one attached hydrogen (secondary N) is 1. The molecule has 4 fully saturated rings. The second kappa shape index (κ2) is 13.1. The topological polar surface area (TPSA) is 90.9 Å². The summed E-state index contributed by atoms with van der Waals surface area (Å²) in [5.41, 5.74) is 3.62. The fraction of sp³-hybridized carbons (Fsp3) is 0.636. The van der Waals surface area contributed by atoms with Crippen LogP contribution in [0.5, 0.6) is 0 Å². The standard InChI is InChI=1S/C33H46N6O3/c1-23-31(24(2)35-22-34-23)32(40)38-20-27-18-37(19-28(27)21-38)15-14-30(25-8-4-3-5-9-25)26-12-16-39(17-13-26)42-33(41)36-29-10-6-7-11-29/h3-5,8-9,22,26-30H,6-7,10-21H2,1-2H3,(H,36,41). The summed E-state index contributed by atoms with van der Waals surface area (Å²) < 4.78 is 0. The van der Waals surface area contributed by atoms with E-state index in [1.807, 2.05) is 23.8 Å². The summed E-state index contributed by atoms with van der Waals surface area (Å²) in [6.45, 7) is 10.2. The van der Waals surface area contributed by atoms with Crippen LogP contribution in [0.25, 0.3) is 0 Å². The molecular formula is C33H46N6O3. The van der Waals surface area contributed by atoms with E-state index < -0.39 is 0 Å². The molecule has 0 bridgehead atoms. The number of benzene rings is 1. The molecule has 3 aliphatic heterocycles. The molecule has 1 aromatic heterocycles. The zero-order valence-corrected chi connectivity index (χ0v) is 25.2. The molecule has 3 saturated heterocycles. The van der Waals surface area contributed by atoms with E-state index in [0.29, 0.717) is 29.2 Å². The molecule has 2 amide bonds. The third-order valence-electron chi connectivity index (χ3n) is 10.2. The van der Waals surface area contributed by atoms with Gasteiger partial charge in [0.25, 0.3) is 5.91 Å². The predicted molar refractivity (Wildman–Crippen MR) is 161 cm³/mol. The molecule has 0 spiro atoms. The van der Waals surface area contributed by atoms with E-state index in [1.165, 1.54) is 24.7 Å². The van der Waals surface area contributed by atoms with E-state index in [-0.39, 0.29) is 18.0 Å². The third-order valence-corrected chi connectivity index (χ3v) is 10.2. The summed E-state index contributed by atoms with van der Waals surface area (Å²) in [7, 11) is 0. The summed E-state index contributed by atoms with van der Waals surface area (Å²) in [6, 6.07) is 11.2. The van der Waals surface area contributed by atoms with E-state index in [0.717, 1.165) is 89.3 Å². The minimum absolute atomic E-state index is 0.0852. The van der Waals surface area contributed by atoms with Gasteiger partial charge in [-0.15, -0.1) is 5.06 Å². The van der Waals surface area contributed by atoms with Crippen LogP contribution in [-0.2, 0) is 4.84 Å². The van der Waals surface area contributed by atoms with Gasteiger partial charge in [-0.3, -0.25) is 4.79 Å². The van der Waals surface area contributed by atoms with E-state index >= 15 is 0 Å². The zero-order valence-electron chi connectivity index (χ0n) is 25.2. The maximum atomic E-state index is 13.3. The van der Waals surface area contributed by atoms with Crippen molar-refractivity contribution in [1.82, 2.24) is 30.1 Å². The van der Waals surface area contributed by atoms with Crippen LogP contribution in [-0.4, -0.2) is 88.7 Å². The van der Waals surface area contributed by atoms with Crippen LogP contribution >= 0.6 is 0 Å². The lowest BCUT2D eigenvalue weighted by atomic mass is 9.78. The molecule has 226 valence electrons. The molecule has 4 heterocycles. The monoisotopic (exact) mass is 574 g/mol. The highest BCUT2D eigenvalue weighted by molar-refractivity contribution is 5.96. The Bertz CT molecular complexity index is 1190. The van der Waals surface area contributed by atoms with Crippen molar-refractivity contribution >= 4 is 12.0 Å². The zero-order chi connectivity index (χ0) is 29.1. The quantitative estimate of drug-likeness (QED) is 0.494. The summed E-state index contributed by atoms with van der Waals surface area (Å²) in [5.74, 6) is 2.21. The van der Waals surface area contributed by atoms with E-state index in [4.69, 9.17) is 4.84 Å². The van der Waals surface area contributed by atoms with Gasteiger partial charge in [-0.1, -0.05) is 43.2 Å². The molecule has 9 nitrogen and oxygen atoms in total. The van der Waals surface area contributed by atoms with Gasteiger partial charge in [0.2, 0.25) is 0 Å². The Morgan fingerprint density at radius 2 is 1.57 bits per heavy atom. The van der Waals surface area contributed by atoms with E-state index in [2.05, 4.69) is 50.5 Å². The molecule has 1 N–H and O–H groups in total. The van der Waals surface area contributed by atoms with Crippen molar-refractivity contribution in [1.29, 1.82) is 0 Å². The number of piperidine rings is 1. The second-order valence-corrected chi connectivity index (χ2v) is 13.0. The minimum atomic E-state index is -0.290. The van der Waals surface area contributed by atoms with Gasteiger partial charge in [0.1, 0.15) is 6.33 Å². The molecule has 9 heteroatoms. The van der Waals surface area contributed by atoms with Gasteiger partial charge in [0, 0.05) is 45.3 Å². The van der Waals surface area contributed by atoms with Gasteiger partial charge in [0.05, 0.1) is 17.0 Å². The molecule has 1 aliphatic carbocycles. The number of hydrogen-bond acceptors (Lipinski definition) is 7. The normalized spacial score (nSPS) is 24.6.